The molecule has 1 saturated heterocycles. The number of rotatable bonds is 4. The van der Waals surface area contributed by atoms with Gasteiger partial charge in [-0.3, -0.25) is 14.9 Å². The van der Waals surface area contributed by atoms with Gasteiger partial charge in [0.25, 0.3) is 11.6 Å². The molecule has 0 radical (unpaired) electrons. The van der Waals surface area contributed by atoms with Crippen LogP contribution in [-0.2, 0) is 0 Å². The van der Waals surface area contributed by atoms with Crippen LogP contribution in [0.25, 0.3) is 0 Å². The van der Waals surface area contributed by atoms with Gasteiger partial charge in [0.2, 0.25) is 0 Å². The molecule has 9 heteroatoms. The summed E-state index contributed by atoms with van der Waals surface area (Å²) in [4.78, 5) is 21.9. The summed E-state index contributed by atoms with van der Waals surface area (Å²) >= 11 is 0. The molecule has 1 atom stereocenters. The number of benzene rings is 1. The van der Waals surface area contributed by atoms with Crippen molar-refractivity contribution in [2.45, 2.75) is 18.9 Å². The number of hydrogen-bond donors (Lipinski definition) is 3. The Morgan fingerprint density at radius 1 is 1.57 bits per heavy atom. The zero-order chi connectivity index (χ0) is 14.7. The molecule has 116 valence electrons. The summed E-state index contributed by atoms with van der Waals surface area (Å²) in [6.45, 7) is 1.27. The van der Waals surface area contributed by atoms with Gasteiger partial charge in [0, 0.05) is 12.6 Å². The van der Waals surface area contributed by atoms with Crippen LogP contribution in [0.3, 0.4) is 0 Å². The van der Waals surface area contributed by atoms with Crippen LogP contribution in [0.5, 0.6) is 0 Å². The minimum Gasteiger partial charge on any atom is -0.393 e. The first-order chi connectivity index (χ1) is 9.49. The van der Waals surface area contributed by atoms with E-state index >= 15 is 0 Å². The van der Waals surface area contributed by atoms with Gasteiger partial charge in [-0.1, -0.05) is 0 Å². The Balaban J connectivity index is 0.00000220. The number of anilines is 1. The van der Waals surface area contributed by atoms with Gasteiger partial charge in [0.05, 0.1) is 16.6 Å². The first kappa shape index (κ1) is 17.1. The minimum atomic E-state index is -0.866. The van der Waals surface area contributed by atoms with Crippen molar-refractivity contribution in [3.63, 3.8) is 0 Å². The average Bonchev–Trinajstić information content (AvgIpc) is 2.91. The summed E-state index contributed by atoms with van der Waals surface area (Å²) in [6.07, 6.45) is 1.98. The lowest BCUT2D eigenvalue weighted by atomic mass is 10.1. The molecular formula is C12H16ClFN4O3. The lowest BCUT2D eigenvalue weighted by molar-refractivity contribution is -0.384. The van der Waals surface area contributed by atoms with Crippen molar-refractivity contribution in [1.29, 1.82) is 0 Å². The van der Waals surface area contributed by atoms with Crippen LogP contribution in [-0.4, -0.2) is 30.0 Å². The van der Waals surface area contributed by atoms with E-state index in [1.165, 1.54) is 0 Å². The number of amides is 1. The van der Waals surface area contributed by atoms with E-state index in [0.29, 0.717) is 12.6 Å². The van der Waals surface area contributed by atoms with Crippen molar-refractivity contribution in [2.24, 2.45) is 0 Å². The van der Waals surface area contributed by atoms with Crippen LogP contribution >= 0.6 is 12.4 Å². The zero-order valence-electron chi connectivity index (χ0n) is 11.1. The van der Waals surface area contributed by atoms with Crippen molar-refractivity contribution in [3.05, 3.63) is 33.6 Å². The highest BCUT2D eigenvalue weighted by Crippen LogP contribution is 2.26. The standard InChI is InChI=1S/C12H15FN4O3.ClH/c13-7-4-9(11(14)10(5-7)17(19)20)12(18)16-6-8-2-1-3-15-8;/h4-5,8,15H,1-3,6,14H2,(H,16,18);1H. The molecule has 0 saturated carbocycles. The molecule has 7 nitrogen and oxygen atoms in total. The smallest absolute Gasteiger partial charge is 0.295 e. The lowest BCUT2D eigenvalue weighted by Crippen LogP contribution is -2.37. The summed E-state index contributed by atoms with van der Waals surface area (Å²) in [5.41, 5.74) is 4.41. The molecule has 1 aliphatic heterocycles. The van der Waals surface area contributed by atoms with E-state index in [-0.39, 0.29) is 29.7 Å². The highest BCUT2D eigenvalue weighted by Gasteiger charge is 2.22. The summed E-state index contributed by atoms with van der Waals surface area (Å²) < 4.78 is 13.3. The maximum atomic E-state index is 13.3. The van der Waals surface area contributed by atoms with Crippen molar-refractivity contribution in [1.82, 2.24) is 10.6 Å². The Labute approximate surface area is 126 Å². The maximum Gasteiger partial charge on any atom is 0.295 e. The third-order valence-electron chi connectivity index (χ3n) is 3.24. The average molecular weight is 319 g/mol. The van der Waals surface area contributed by atoms with Crippen LogP contribution in [0.4, 0.5) is 15.8 Å². The van der Waals surface area contributed by atoms with Crippen LogP contribution in [0.15, 0.2) is 12.1 Å². The van der Waals surface area contributed by atoms with Gasteiger partial charge in [0.1, 0.15) is 11.5 Å². The number of nitrogens with one attached hydrogen (secondary N) is 2. The molecule has 1 aromatic rings. The summed E-state index contributed by atoms with van der Waals surface area (Å²) in [5.74, 6) is -1.48. The first-order valence-electron chi connectivity index (χ1n) is 6.24. The van der Waals surface area contributed by atoms with E-state index in [9.17, 15) is 19.3 Å². The predicted molar refractivity (Wildman–Crippen MR) is 78.1 cm³/mol. The third kappa shape index (κ3) is 4.02. The van der Waals surface area contributed by atoms with Gasteiger partial charge in [-0.05, 0) is 25.5 Å². The van der Waals surface area contributed by atoms with Gasteiger partial charge in [-0.25, -0.2) is 4.39 Å². The van der Waals surface area contributed by atoms with E-state index in [4.69, 9.17) is 5.73 Å². The van der Waals surface area contributed by atoms with E-state index in [1.54, 1.807) is 0 Å². The zero-order valence-corrected chi connectivity index (χ0v) is 11.9. The summed E-state index contributed by atoms with van der Waals surface area (Å²) in [6, 6.07) is 1.77. The highest BCUT2D eigenvalue weighted by molar-refractivity contribution is 6.01. The number of nitrogens with zero attached hydrogens (tertiary/aromatic N) is 1. The molecule has 2 rings (SSSR count). The molecular weight excluding hydrogens is 303 g/mol. The number of carbonyl (C=O) groups is 1. The van der Waals surface area contributed by atoms with Gasteiger partial charge in [-0.15, -0.1) is 12.4 Å². The Kier molecular flexibility index (Phi) is 5.86. The van der Waals surface area contributed by atoms with Crippen molar-refractivity contribution in [3.8, 4) is 0 Å². The largest absolute Gasteiger partial charge is 0.393 e. The van der Waals surface area contributed by atoms with E-state index in [0.717, 1.165) is 25.5 Å². The predicted octanol–water partition coefficient (Wildman–Crippen LogP) is 1.22. The molecule has 1 amide bonds. The summed E-state index contributed by atoms with van der Waals surface area (Å²) in [7, 11) is 0. The fourth-order valence-electron chi connectivity index (χ4n) is 2.18. The topological polar surface area (TPSA) is 110 Å². The minimum absolute atomic E-state index is 0. The summed E-state index contributed by atoms with van der Waals surface area (Å²) in [5, 5.41) is 16.5. The number of hydrogen-bond acceptors (Lipinski definition) is 5. The molecule has 1 unspecified atom stereocenters. The van der Waals surface area contributed by atoms with Gasteiger partial charge >= 0.3 is 0 Å². The van der Waals surface area contributed by atoms with Crippen LogP contribution < -0.4 is 16.4 Å². The second kappa shape index (κ2) is 7.19. The maximum absolute atomic E-state index is 13.3. The van der Waals surface area contributed by atoms with Gasteiger partial charge in [0.15, 0.2) is 0 Å². The molecule has 1 fully saturated rings. The lowest BCUT2D eigenvalue weighted by Gasteiger charge is -2.12. The number of halogens is 2. The van der Waals surface area contributed by atoms with Gasteiger partial charge in [-0.2, -0.15) is 0 Å². The number of nitrogens with two attached hydrogens (primary N) is 1. The molecule has 4 N–H and O–H groups in total. The molecule has 1 aliphatic rings. The van der Waals surface area contributed by atoms with Crippen molar-refractivity contribution >= 4 is 29.7 Å². The Morgan fingerprint density at radius 2 is 2.29 bits per heavy atom. The van der Waals surface area contributed by atoms with Crippen LogP contribution in [0.1, 0.15) is 23.2 Å². The van der Waals surface area contributed by atoms with E-state index < -0.39 is 22.3 Å². The second-order valence-corrected chi connectivity index (χ2v) is 4.65. The molecule has 0 bridgehead atoms. The van der Waals surface area contributed by atoms with Crippen LogP contribution in [0.2, 0.25) is 0 Å². The first-order valence-corrected chi connectivity index (χ1v) is 6.24. The quantitative estimate of drug-likeness (QED) is 0.439. The molecule has 1 aromatic carbocycles. The number of nitro benzene ring substituents is 1. The SMILES string of the molecule is Cl.Nc1c(C(=O)NCC2CCCN2)cc(F)cc1[N+](=O)[O-]. The van der Waals surface area contributed by atoms with Crippen LogP contribution in [0, 0.1) is 15.9 Å². The number of nitrogen functional groups attached to an aromatic ring is 1. The van der Waals surface area contributed by atoms with Gasteiger partial charge < -0.3 is 16.4 Å². The monoisotopic (exact) mass is 318 g/mol. The number of nitro groups is 1. The van der Waals surface area contributed by atoms with E-state index in [2.05, 4.69) is 10.6 Å². The molecule has 0 aromatic heterocycles. The molecule has 1 heterocycles. The fourth-order valence-corrected chi connectivity index (χ4v) is 2.18. The fraction of sp³-hybridized carbons (Fsp3) is 0.417. The molecule has 0 spiro atoms. The molecule has 21 heavy (non-hydrogen) atoms. The Bertz CT molecular complexity index is 550. The normalized spacial score (nSPS) is 17.1. The second-order valence-electron chi connectivity index (χ2n) is 4.65. The Hall–Kier alpha value is -1.93. The molecule has 0 aliphatic carbocycles. The number of carbonyl (C=O) groups excluding carboxylic acids is 1. The Morgan fingerprint density at radius 3 is 2.86 bits per heavy atom. The third-order valence-corrected chi connectivity index (χ3v) is 3.24. The van der Waals surface area contributed by atoms with Crippen molar-refractivity contribution in [2.75, 3.05) is 18.8 Å². The highest BCUT2D eigenvalue weighted by atomic mass is 35.5. The van der Waals surface area contributed by atoms with E-state index in [1.807, 2.05) is 0 Å². The van der Waals surface area contributed by atoms with Crippen molar-refractivity contribution < 1.29 is 14.1 Å².